The van der Waals surface area contributed by atoms with Gasteiger partial charge < -0.3 is 14.2 Å². The van der Waals surface area contributed by atoms with Crippen molar-refractivity contribution in [2.75, 3.05) is 13.2 Å². The highest BCUT2D eigenvalue weighted by atomic mass is 16.6. The summed E-state index contributed by atoms with van der Waals surface area (Å²) >= 11 is 0. The Kier molecular flexibility index (Phi) is 56.8. The van der Waals surface area contributed by atoms with Gasteiger partial charge in [-0.05, 0) is 70.6 Å². The van der Waals surface area contributed by atoms with Crippen molar-refractivity contribution >= 4 is 17.9 Å². The van der Waals surface area contributed by atoms with Gasteiger partial charge in [0.25, 0.3) is 0 Å². The largest absolute Gasteiger partial charge is 0.462 e. The lowest BCUT2D eigenvalue weighted by Crippen LogP contribution is -2.30. The molecule has 0 aromatic rings. The number of hydrogen-bond donors (Lipinski definition) is 0. The van der Waals surface area contributed by atoms with E-state index in [1.165, 1.54) is 167 Å². The average molecular weight is 992 g/mol. The summed E-state index contributed by atoms with van der Waals surface area (Å²) in [6, 6.07) is 0. The van der Waals surface area contributed by atoms with E-state index >= 15 is 0 Å². The van der Waals surface area contributed by atoms with Gasteiger partial charge in [0.1, 0.15) is 13.2 Å². The molecule has 0 N–H and O–H groups in total. The molecule has 0 aromatic heterocycles. The minimum Gasteiger partial charge on any atom is -0.462 e. The van der Waals surface area contributed by atoms with Crippen molar-refractivity contribution in [3.05, 3.63) is 72.9 Å². The highest BCUT2D eigenvalue weighted by Gasteiger charge is 2.19. The zero-order chi connectivity index (χ0) is 51.4. The molecule has 0 aliphatic heterocycles. The summed E-state index contributed by atoms with van der Waals surface area (Å²) in [7, 11) is 0. The number of carbonyl (C=O) groups is 3. The number of rotatable bonds is 55. The van der Waals surface area contributed by atoms with Crippen LogP contribution in [0.15, 0.2) is 72.9 Å². The summed E-state index contributed by atoms with van der Waals surface area (Å²) < 4.78 is 16.9. The fraction of sp³-hybridized carbons (Fsp3) is 0.769. The van der Waals surface area contributed by atoms with E-state index in [4.69, 9.17) is 14.2 Å². The molecular formula is C65H114O6. The maximum absolute atomic E-state index is 12.9. The first-order valence-electron chi connectivity index (χ1n) is 30.4. The number of esters is 3. The molecule has 0 amide bonds. The monoisotopic (exact) mass is 991 g/mol. The average Bonchev–Trinajstić information content (AvgIpc) is 3.37. The first-order chi connectivity index (χ1) is 35.0. The van der Waals surface area contributed by atoms with Gasteiger partial charge in [0, 0.05) is 19.3 Å². The standard InChI is InChI=1S/C65H114O6/c1-4-7-10-13-16-19-22-25-27-29-31-33-35-36-38-40-43-46-49-52-55-58-64(67)70-61-62(60-69-63(66)57-54-51-48-45-42-24-21-18-15-12-9-6-3)71-65(68)59-56-53-50-47-44-41-39-37-34-32-30-28-26-23-20-17-14-11-8-5-2/h7,10,16,19,25,27,31,33,36,38,43,46,62H,4-6,8-9,11-15,17-18,20-24,26,28-30,32,34-35,37,39-42,44-45,47-61H2,1-3H3/b10-7-,19-16-,27-25-,33-31-,38-36-,46-43-. The van der Waals surface area contributed by atoms with E-state index in [-0.39, 0.29) is 31.1 Å². The molecule has 0 aliphatic carbocycles. The quantitative estimate of drug-likeness (QED) is 0.0261. The van der Waals surface area contributed by atoms with E-state index in [1.807, 2.05) is 0 Å². The zero-order valence-electron chi connectivity index (χ0n) is 47.0. The molecule has 1 atom stereocenters. The summed E-state index contributed by atoms with van der Waals surface area (Å²) in [4.78, 5) is 38.2. The molecular weight excluding hydrogens is 877 g/mol. The first-order valence-corrected chi connectivity index (χ1v) is 30.4. The lowest BCUT2D eigenvalue weighted by Gasteiger charge is -2.18. The predicted octanol–water partition coefficient (Wildman–Crippen LogP) is 20.5. The van der Waals surface area contributed by atoms with Crippen molar-refractivity contribution in [2.45, 2.75) is 309 Å². The topological polar surface area (TPSA) is 78.9 Å². The van der Waals surface area contributed by atoms with Crippen LogP contribution in [-0.4, -0.2) is 37.2 Å². The van der Waals surface area contributed by atoms with Gasteiger partial charge in [0.15, 0.2) is 6.10 Å². The molecule has 410 valence electrons. The van der Waals surface area contributed by atoms with Crippen molar-refractivity contribution in [3.63, 3.8) is 0 Å². The van der Waals surface area contributed by atoms with Crippen LogP contribution in [0.1, 0.15) is 303 Å². The Labute approximate surface area is 440 Å². The number of carbonyl (C=O) groups excluding carboxylic acids is 3. The Morgan fingerprint density at radius 1 is 0.296 bits per heavy atom. The molecule has 0 heterocycles. The molecule has 0 aromatic carbocycles. The lowest BCUT2D eigenvalue weighted by atomic mass is 10.0. The van der Waals surface area contributed by atoms with Crippen LogP contribution in [0.25, 0.3) is 0 Å². The Bertz CT molecular complexity index is 1320. The second kappa shape index (κ2) is 59.4. The van der Waals surface area contributed by atoms with Gasteiger partial charge in [0.05, 0.1) is 0 Å². The van der Waals surface area contributed by atoms with Crippen LogP contribution in [0, 0.1) is 0 Å². The second-order valence-corrected chi connectivity index (χ2v) is 20.2. The van der Waals surface area contributed by atoms with Gasteiger partial charge in [-0.1, -0.05) is 286 Å². The summed E-state index contributed by atoms with van der Waals surface area (Å²) in [5, 5.41) is 0. The summed E-state index contributed by atoms with van der Waals surface area (Å²) in [5.74, 6) is -0.916. The van der Waals surface area contributed by atoms with Crippen LogP contribution in [0.5, 0.6) is 0 Å². The van der Waals surface area contributed by atoms with Crippen molar-refractivity contribution in [1.29, 1.82) is 0 Å². The van der Waals surface area contributed by atoms with Gasteiger partial charge in [-0.15, -0.1) is 0 Å². The Morgan fingerprint density at radius 2 is 0.549 bits per heavy atom. The molecule has 6 nitrogen and oxygen atoms in total. The minimum absolute atomic E-state index is 0.0853. The molecule has 0 fully saturated rings. The lowest BCUT2D eigenvalue weighted by molar-refractivity contribution is -0.167. The first kappa shape index (κ1) is 67.8. The molecule has 1 unspecified atom stereocenters. The molecule has 0 aliphatic rings. The van der Waals surface area contributed by atoms with Gasteiger partial charge in [-0.3, -0.25) is 14.4 Å². The van der Waals surface area contributed by atoms with Crippen LogP contribution in [0.2, 0.25) is 0 Å². The number of ether oxygens (including phenoxy) is 3. The second-order valence-electron chi connectivity index (χ2n) is 20.2. The van der Waals surface area contributed by atoms with Crippen LogP contribution >= 0.6 is 0 Å². The summed E-state index contributed by atoms with van der Waals surface area (Å²) in [6.07, 6.45) is 76.2. The van der Waals surface area contributed by atoms with Crippen LogP contribution in [0.3, 0.4) is 0 Å². The minimum atomic E-state index is -0.790. The van der Waals surface area contributed by atoms with Crippen LogP contribution in [-0.2, 0) is 28.6 Å². The van der Waals surface area contributed by atoms with Crippen molar-refractivity contribution < 1.29 is 28.6 Å². The van der Waals surface area contributed by atoms with Crippen LogP contribution < -0.4 is 0 Å². The molecule has 0 rings (SSSR count). The zero-order valence-corrected chi connectivity index (χ0v) is 47.0. The fourth-order valence-corrected chi connectivity index (χ4v) is 8.68. The highest BCUT2D eigenvalue weighted by molar-refractivity contribution is 5.71. The third-order valence-corrected chi connectivity index (χ3v) is 13.2. The Balaban J connectivity index is 4.38. The van der Waals surface area contributed by atoms with Gasteiger partial charge in [-0.25, -0.2) is 0 Å². The third-order valence-electron chi connectivity index (χ3n) is 13.2. The SMILES string of the molecule is CC/C=C\C/C=C\C/C=C\C/C=C\C/C=C\C/C=C\CCCCC(=O)OCC(COC(=O)CCCCCCCCCCCCCC)OC(=O)CCCCCCCCCCCCCCCCCCCCCC. The highest BCUT2D eigenvalue weighted by Crippen LogP contribution is 2.17. The molecule has 0 saturated carbocycles. The fourth-order valence-electron chi connectivity index (χ4n) is 8.68. The number of hydrogen-bond acceptors (Lipinski definition) is 6. The van der Waals surface area contributed by atoms with Crippen molar-refractivity contribution in [1.82, 2.24) is 0 Å². The summed E-state index contributed by atoms with van der Waals surface area (Å²) in [6.45, 7) is 6.52. The maximum atomic E-state index is 12.9. The molecule has 71 heavy (non-hydrogen) atoms. The number of allylic oxidation sites excluding steroid dienone is 12. The smallest absolute Gasteiger partial charge is 0.306 e. The van der Waals surface area contributed by atoms with Gasteiger partial charge >= 0.3 is 17.9 Å². The third kappa shape index (κ3) is 57.6. The van der Waals surface area contributed by atoms with E-state index in [1.54, 1.807) is 0 Å². The van der Waals surface area contributed by atoms with E-state index in [2.05, 4.69) is 93.7 Å². The Hall–Kier alpha value is -3.15. The molecule has 0 spiro atoms. The predicted molar refractivity (Wildman–Crippen MR) is 307 cm³/mol. The Morgan fingerprint density at radius 3 is 0.859 bits per heavy atom. The molecule has 0 radical (unpaired) electrons. The van der Waals surface area contributed by atoms with Gasteiger partial charge in [0.2, 0.25) is 0 Å². The van der Waals surface area contributed by atoms with Gasteiger partial charge in [-0.2, -0.15) is 0 Å². The van der Waals surface area contributed by atoms with Crippen molar-refractivity contribution in [3.8, 4) is 0 Å². The van der Waals surface area contributed by atoms with Crippen molar-refractivity contribution in [2.24, 2.45) is 0 Å². The summed E-state index contributed by atoms with van der Waals surface area (Å²) in [5.41, 5.74) is 0. The van der Waals surface area contributed by atoms with E-state index < -0.39 is 6.10 Å². The van der Waals surface area contributed by atoms with E-state index in [9.17, 15) is 14.4 Å². The normalized spacial score (nSPS) is 12.5. The molecule has 0 saturated heterocycles. The molecule has 0 bridgehead atoms. The maximum Gasteiger partial charge on any atom is 0.306 e. The number of unbranched alkanes of at least 4 members (excludes halogenated alkanes) is 32. The van der Waals surface area contributed by atoms with E-state index in [0.717, 1.165) is 96.3 Å². The molecule has 6 heteroatoms. The van der Waals surface area contributed by atoms with Crippen LogP contribution in [0.4, 0.5) is 0 Å². The van der Waals surface area contributed by atoms with E-state index in [0.29, 0.717) is 19.3 Å².